The zero-order valence-corrected chi connectivity index (χ0v) is 17.2. The lowest BCUT2D eigenvalue weighted by Gasteiger charge is -2.14. The van der Waals surface area contributed by atoms with Crippen molar-refractivity contribution in [3.63, 3.8) is 0 Å². The zero-order chi connectivity index (χ0) is 19.8. The first-order chi connectivity index (χ1) is 13.7. The first-order valence-electron chi connectivity index (χ1n) is 9.62. The van der Waals surface area contributed by atoms with Gasteiger partial charge in [-0.05, 0) is 32.3 Å². The summed E-state index contributed by atoms with van der Waals surface area (Å²) in [6, 6.07) is 20.5. The molecule has 6 heteroatoms. The molecule has 1 N–H and O–H groups in total. The number of aryl methyl sites for hydroxylation is 1. The van der Waals surface area contributed by atoms with Crippen molar-refractivity contribution in [2.24, 2.45) is 0 Å². The van der Waals surface area contributed by atoms with E-state index in [1.165, 1.54) is 17.3 Å². The fourth-order valence-corrected chi connectivity index (χ4v) is 3.84. The third-order valence-corrected chi connectivity index (χ3v) is 5.48. The third kappa shape index (κ3) is 5.45. The quantitative estimate of drug-likeness (QED) is 0.553. The van der Waals surface area contributed by atoms with E-state index in [0.717, 1.165) is 35.9 Å². The smallest absolute Gasteiger partial charge is 0.230 e. The molecule has 0 aliphatic carbocycles. The second-order valence-electron chi connectivity index (χ2n) is 6.70. The molecule has 3 rings (SSSR count). The van der Waals surface area contributed by atoms with Crippen LogP contribution in [0.15, 0.2) is 65.8 Å². The maximum Gasteiger partial charge on any atom is 0.230 e. The molecule has 1 aromatic heterocycles. The highest BCUT2D eigenvalue weighted by Gasteiger charge is 2.15. The van der Waals surface area contributed by atoms with Crippen LogP contribution in [0.25, 0.3) is 11.4 Å². The Labute approximate surface area is 170 Å². The summed E-state index contributed by atoms with van der Waals surface area (Å²) in [4.78, 5) is 12.3. The Kier molecular flexibility index (Phi) is 7.25. The minimum atomic E-state index is 0.0254. The number of carbonyl (C=O) groups excluding carboxylic acids is 1. The van der Waals surface area contributed by atoms with Crippen LogP contribution < -0.4 is 5.32 Å². The number of rotatable bonds is 9. The SMILES string of the molecule is CCn1c(SCC(=O)N[C@H](C)CCc2ccccc2)nnc1-c1ccccc1. The van der Waals surface area contributed by atoms with Gasteiger partial charge in [-0.15, -0.1) is 10.2 Å². The summed E-state index contributed by atoms with van der Waals surface area (Å²) in [6.07, 6.45) is 1.88. The predicted octanol–water partition coefficient (Wildman–Crippen LogP) is 4.19. The third-order valence-electron chi connectivity index (χ3n) is 4.51. The molecular formula is C22H26N4OS. The fraction of sp³-hybridized carbons (Fsp3) is 0.318. The van der Waals surface area contributed by atoms with Gasteiger partial charge < -0.3 is 9.88 Å². The van der Waals surface area contributed by atoms with Gasteiger partial charge >= 0.3 is 0 Å². The molecule has 2 aromatic carbocycles. The second kappa shape index (κ2) is 10.1. The van der Waals surface area contributed by atoms with Crippen LogP contribution in [0.3, 0.4) is 0 Å². The van der Waals surface area contributed by atoms with Crippen molar-refractivity contribution < 1.29 is 4.79 Å². The van der Waals surface area contributed by atoms with Gasteiger partial charge in [0.1, 0.15) is 0 Å². The first-order valence-corrected chi connectivity index (χ1v) is 10.6. The van der Waals surface area contributed by atoms with Gasteiger partial charge in [0.15, 0.2) is 11.0 Å². The van der Waals surface area contributed by atoms with Gasteiger partial charge in [-0.3, -0.25) is 4.79 Å². The molecule has 0 unspecified atom stereocenters. The Balaban J connectivity index is 1.51. The number of carbonyl (C=O) groups is 1. The average Bonchev–Trinajstić information content (AvgIpc) is 3.15. The highest BCUT2D eigenvalue weighted by molar-refractivity contribution is 7.99. The lowest BCUT2D eigenvalue weighted by Crippen LogP contribution is -2.34. The standard InChI is InChI=1S/C22H26N4OS/c1-3-26-21(19-12-8-5-9-13-19)24-25-22(26)28-16-20(27)23-17(2)14-15-18-10-6-4-7-11-18/h4-13,17H,3,14-16H2,1-2H3,(H,23,27)/t17-/m1/s1. The van der Waals surface area contributed by atoms with Gasteiger partial charge in [-0.2, -0.15) is 0 Å². The van der Waals surface area contributed by atoms with Crippen LogP contribution in [0.4, 0.5) is 0 Å². The van der Waals surface area contributed by atoms with Gasteiger partial charge in [0.05, 0.1) is 5.75 Å². The molecule has 1 atom stereocenters. The highest BCUT2D eigenvalue weighted by Crippen LogP contribution is 2.23. The van der Waals surface area contributed by atoms with E-state index in [1.54, 1.807) is 0 Å². The van der Waals surface area contributed by atoms with Gasteiger partial charge in [-0.1, -0.05) is 72.4 Å². The van der Waals surface area contributed by atoms with E-state index in [4.69, 9.17) is 0 Å². The van der Waals surface area contributed by atoms with Crippen molar-refractivity contribution in [2.45, 2.75) is 44.4 Å². The molecule has 5 nitrogen and oxygen atoms in total. The molecule has 0 aliphatic rings. The molecule has 0 bridgehead atoms. The van der Waals surface area contributed by atoms with E-state index in [1.807, 2.05) is 60.0 Å². The van der Waals surface area contributed by atoms with Crippen LogP contribution in [0, 0.1) is 0 Å². The molecule has 0 radical (unpaired) electrons. The summed E-state index contributed by atoms with van der Waals surface area (Å²) < 4.78 is 2.05. The van der Waals surface area contributed by atoms with Gasteiger partial charge in [0.25, 0.3) is 0 Å². The number of amides is 1. The van der Waals surface area contributed by atoms with Crippen LogP contribution in [-0.2, 0) is 17.8 Å². The molecule has 0 aliphatic heterocycles. The monoisotopic (exact) mass is 394 g/mol. The summed E-state index contributed by atoms with van der Waals surface area (Å²) in [5.74, 6) is 1.20. The van der Waals surface area contributed by atoms with Crippen LogP contribution in [0.1, 0.15) is 25.8 Å². The fourth-order valence-electron chi connectivity index (χ4n) is 3.03. The normalized spacial score (nSPS) is 11.9. The van der Waals surface area contributed by atoms with E-state index in [2.05, 4.69) is 34.6 Å². The number of benzene rings is 2. The lowest BCUT2D eigenvalue weighted by molar-refractivity contribution is -0.119. The van der Waals surface area contributed by atoms with Gasteiger partial charge in [0, 0.05) is 18.2 Å². The van der Waals surface area contributed by atoms with E-state index < -0.39 is 0 Å². The number of thioether (sulfide) groups is 1. The summed E-state index contributed by atoms with van der Waals surface area (Å²) >= 11 is 1.43. The summed E-state index contributed by atoms with van der Waals surface area (Å²) in [6.45, 7) is 4.87. The van der Waals surface area contributed by atoms with E-state index >= 15 is 0 Å². The lowest BCUT2D eigenvalue weighted by atomic mass is 10.1. The Hall–Kier alpha value is -2.60. The number of hydrogen-bond acceptors (Lipinski definition) is 4. The Morgan fingerprint density at radius 2 is 1.75 bits per heavy atom. The molecule has 0 spiro atoms. The maximum absolute atomic E-state index is 12.3. The molecule has 0 saturated heterocycles. The highest BCUT2D eigenvalue weighted by atomic mass is 32.2. The van der Waals surface area contributed by atoms with E-state index in [-0.39, 0.29) is 11.9 Å². The van der Waals surface area contributed by atoms with E-state index in [0.29, 0.717) is 5.75 Å². The largest absolute Gasteiger partial charge is 0.353 e. The van der Waals surface area contributed by atoms with E-state index in [9.17, 15) is 4.79 Å². The van der Waals surface area contributed by atoms with Crippen molar-refractivity contribution in [3.05, 3.63) is 66.2 Å². The van der Waals surface area contributed by atoms with Crippen LogP contribution >= 0.6 is 11.8 Å². The molecule has 3 aromatic rings. The second-order valence-corrected chi connectivity index (χ2v) is 7.64. The van der Waals surface area contributed by atoms with Gasteiger partial charge in [-0.25, -0.2) is 0 Å². The molecular weight excluding hydrogens is 368 g/mol. The molecule has 0 saturated carbocycles. The maximum atomic E-state index is 12.3. The first kappa shape index (κ1) is 20.1. The Bertz CT molecular complexity index is 880. The molecule has 28 heavy (non-hydrogen) atoms. The summed E-state index contributed by atoms with van der Waals surface area (Å²) in [5.41, 5.74) is 2.32. The minimum absolute atomic E-state index is 0.0254. The molecule has 0 fully saturated rings. The van der Waals surface area contributed by atoms with Crippen molar-refractivity contribution in [3.8, 4) is 11.4 Å². The summed E-state index contributed by atoms with van der Waals surface area (Å²) in [5, 5.41) is 12.5. The van der Waals surface area contributed by atoms with Crippen molar-refractivity contribution in [1.82, 2.24) is 20.1 Å². The Morgan fingerprint density at radius 1 is 1.07 bits per heavy atom. The molecule has 1 amide bonds. The number of nitrogens with zero attached hydrogens (tertiary/aromatic N) is 3. The van der Waals surface area contributed by atoms with Crippen molar-refractivity contribution in [2.75, 3.05) is 5.75 Å². The van der Waals surface area contributed by atoms with Crippen molar-refractivity contribution in [1.29, 1.82) is 0 Å². The minimum Gasteiger partial charge on any atom is -0.353 e. The molecule has 146 valence electrons. The predicted molar refractivity (Wildman–Crippen MR) is 114 cm³/mol. The average molecular weight is 395 g/mol. The molecule has 1 heterocycles. The zero-order valence-electron chi connectivity index (χ0n) is 16.3. The number of aromatic nitrogens is 3. The van der Waals surface area contributed by atoms with Gasteiger partial charge in [0.2, 0.25) is 5.91 Å². The Morgan fingerprint density at radius 3 is 2.43 bits per heavy atom. The summed E-state index contributed by atoms with van der Waals surface area (Å²) in [7, 11) is 0. The van der Waals surface area contributed by atoms with Crippen molar-refractivity contribution >= 4 is 17.7 Å². The topological polar surface area (TPSA) is 59.8 Å². The number of nitrogens with one attached hydrogen (secondary N) is 1. The number of hydrogen-bond donors (Lipinski definition) is 1. The van der Waals surface area contributed by atoms with Crippen LogP contribution in [0.2, 0.25) is 0 Å². The van der Waals surface area contributed by atoms with Crippen LogP contribution in [0.5, 0.6) is 0 Å². The van der Waals surface area contributed by atoms with Crippen LogP contribution in [-0.4, -0.2) is 32.5 Å².